The second-order valence-corrected chi connectivity index (χ2v) is 4.76. The first-order valence-electron chi connectivity index (χ1n) is 5.29. The highest BCUT2D eigenvalue weighted by molar-refractivity contribution is 7.99. The lowest BCUT2D eigenvalue weighted by molar-refractivity contribution is 0.318. The Kier molecular flexibility index (Phi) is 3.57. The summed E-state index contributed by atoms with van der Waals surface area (Å²) in [5.74, 6) is 0.861. The maximum absolute atomic E-state index is 8.77. The number of aryl methyl sites for hydroxylation is 2. The predicted octanol–water partition coefficient (Wildman–Crippen LogP) is 2.54. The van der Waals surface area contributed by atoms with Gasteiger partial charge in [-0.15, -0.1) is 0 Å². The summed E-state index contributed by atoms with van der Waals surface area (Å²) < 4.78 is 5.23. The molecule has 18 heavy (non-hydrogen) atoms. The number of amidine groups is 1. The summed E-state index contributed by atoms with van der Waals surface area (Å²) in [6.07, 6.45) is 1.62. The molecule has 0 fully saturated rings. The molecule has 6 heteroatoms. The summed E-state index contributed by atoms with van der Waals surface area (Å²) in [7, 11) is 0. The molecule has 0 radical (unpaired) electrons. The van der Waals surface area contributed by atoms with E-state index in [1.165, 1.54) is 11.8 Å². The number of rotatable bonds is 3. The number of pyridine rings is 1. The number of oxime groups is 1. The van der Waals surface area contributed by atoms with Gasteiger partial charge in [0.15, 0.2) is 5.84 Å². The maximum Gasteiger partial charge on any atom is 0.172 e. The zero-order chi connectivity index (χ0) is 13.1. The summed E-state index contributed by atoms with van der Waals surface area (Å²) in [4.78, 5) is 5.37. The Balaban J connectivity index is 2.43. The zero-order valence-corrected chi connectivity index (χ0v) is 10.9. The van der Waals surface area contributed by atoms with Crippen LogP contribution in [0.15, 0.2) is 44.0 Å². The van der Waals surface area contributed by atoms with E-state index in [2.05, 4.69) is 10.1 Å². The molecule has 0 amide bonds. The number of aromatic nitrogens is 1. The smallest absolute Gasteiger partial charge is 0.172 e. The Bertz CT molecular complexity index is 593. The fourth-order valence-corrected chi connectivity index (χ4v) is 2.44. The summed E-state index contributed by atoms with van der Waals surface area (Å²) in [6, 6.07) is 5.47. The Labute approximate surface area is 109 Å². The van der Waals surface area contributed by atoms with Crippen molar-refractivity contribution in [2.75, 3.05) is 0 Å². The minimum absolute atomic E-state index is 0.0474. The highest BCUT2D eigenvalue weighted by Gasteiger charge is 2.12. The molecule has 2 rings (SSSR count). The lowest BCUT2D eigenvalue weighted by Crippen LogP contribution is -2.15. The van der Waals surface area contributed by atoms with Gasteiger partial charge >= 0.3 is 0 Å². The molecule has 0 atom stereocenters. The Hall–Kier alpha value is -1.95. The van der Waals surface area contributed by atoms with Gasteiger partial charge in [0.2, 0.25) is 0 Å². The fourth-order valence-electron chi connectivity index (χ4n) is 1.44. The van der Waals surface area contributed by atoms with Gasteiger partial charge in [0.25, 0.3) is 0 Å². The molecule has 0 aliphatic heterocycles. The summed E-state index contributed by atoms with van der Waals surface area (Å²) in [5, 5.41) is 12.5. The highest BCUT2D eigenvalue weighted by Crippen LogP contribution is 2.31. The molecule has 0 aliphatic rings. The Morgan fingerprint density at radius 1 is 1.39 bits per heavy atom. The molecular weight excluding hydrogens is 250 g/mol. The summed E-state index contributed by atoms with van der Waals surface area (Å²) in [6.45, 7) is 3.77. The average molecular weight is 263 g/mol. The molecule has 0 spiro atoms. The molecule has 3 N–H and O–H groups in total. The second-order valence-electron chi connectivity index (χ2n) is 3.73. The van der Waals surface area contributed by atoms with Gasteiger partial charge in [0.1, 0.15) is 10.8 Å². The van der Waals surface area contributed by atoms with Crippen molar-refractivity contribution in [3.63, 3.8) is 0 Å². The molecule has 0 saturated carbocycles. The van der Waals surface area contributed by atoms with Gasteiger partial charge in [-0.1, -0.05) is 16.9 Å². The van der Waals surface area contributed by atoms with Crippen molar-refractivity contribution in [3.05, 3.63) is 41.5 Å². The van der Waals surface area contributed by atoms with Crippen molar-refractivity contribution in [1.82, 2.24) is 4.98 Å². The third kappa shape index (κ3) is 2.48. The van der Waals surface area contributed by atoms with E-state index >= 15 is 0 Å². The lowest BCUT2D eigenvalue weighted by atomic mass is 10.2. The summed E-state index contributed by atoms with van der Waals surface area (Å²) in [5.41, 5.74) is 7.11. The number of hydrogen-bond acceptors (Lipinski definition) is 5. The number of nitrogens with two attached hydrogens (primary N) is 1. The second kappa shape index (κ2) is 5.14. The van der Waals surface area contributed by atoms with E-state index in [1.54, 1.807) is 12.3 Å². The molecule has 0 aromatic carbocycles. The zero-order valence-electron chi connectivity index (χ0n) is 10.0. The van der Waals surface area contributed by atoms with E-state index in [1.807, 2.05) is 26.0 Å². The molecule has 2 aromatic rings. The average Bonchev–Trinajstić information content (AvgIpc) is 2.74. The van der Waals surface area contributed by atoms with Crippen LogP contribution in [0.1, 0.15) is 17.0 Å². The quantitative estimate of drug-likeness (QED) is 0.385. The number of hydrogen-bond donors (Lipinski definition) is 2. The highest BCUT2D eigenvalue weighted by atomic mass is 32.2. The Morgan fingerprint density at radius 3 is 2.78 bits per heavy atom. The monoisotopic (exact) mass is 263 g/mol. The molecule has 2 heterocycles. The molecular formula is C12H13N3O2S. The van der Waals surface area contributed by atoms with E-state index in [0.29, 0.717) is 10.6 Å². The predicted molar refractivity (Wildman–Crippen MR) is 69.1 cm³/mol. The van der Waals surface area contributed by atoms with E-state index in [-0.39, 0.29) is 5.84 Å². The third-order valence-corrected chi connectivity index (χ3v) is 3.55. The third-order valence-electron chi connectivity index (χ3n) is 2.40. The van der Waals surface area contributed by atoms with Crippen LogP contribution in [0.4, 0.5) is 0 Å². The number of furan rings is 1. The van der Waals surface area contributed by atoms with Crippen LogP contribution in [0, 0.1) is 13.8 Å². The van der Waals surface area contributed by atoms with Gasteiger partial charge in [-0.25, -0.2) is 4.98 Å². The van der Waals surface area contributed by atoms with Crippen LogP contribution >= 0.6 is 11.8 Å². The lowest BCUT2D eigenvalue weighted by Gasteiger charge is -2.07. The van der Waals surface area contributed by atoms with Crippen molar-refractivity contribution in [3.8, 4) is 0 Å². The minimum atomic E-state index is 0.0474. The van der Waals surface area contributed by atoms with Crippen LogP contribution < -0.4 is 5.73 Å². The van der Waals surface area contributed by atoms with Gasteiger partial charge in [-0.3, -0.25) is 0 Å². The molecule has 0 unspecified atom stereocenters. The fraction of sp³-hybridized carbons (Fsp3) is 0.167. The van der Waals surface area contributed by atoms with Gasteiger partial charge in [-0.05, 0) is 32.0 Å². The van der Waals surface area contributed by atoms with Crippen molar-refractivity contribution < 1.29 is 9.62 Å². The topological polar surface area (TPSA) is 84.6 Å². The van der Waals surface area contributed by atoms with Crippen LogP contribution in [0.3, 0.4) is 0 Å². The first-order valence-corrected chi connectivity index (χ1v) is 6.11. The van der Waals surface area contributed by atoms with Crippen molar-refractivity contribution >= 4 is 17.6 Å². The van der Waals surface area contributed by atoms with Gasteiger partial charge in [-0.2, -0.15) is 0 Å². The molecule has 0 aliphatic carbocycles. The van der Waals surface area contributed by atoms with Gasteiger partial charge in [0.05, 0.1) is 16.7 Å². The van der Waals surface area contributed by atoms with Crippen LogP contribution in [0.2, 0.25) is 0 Å². The number of nitrogens with zero attached hydrogens (tertiary/aromatic N) is 2. The first-order chi connectivity index (χ1) is 8.61. The molecule has 0 saturated heterocycles. The van der Waals surface area contributed by atoms with Crippen molar-refractivity contribution in [2.24, 2.45) is 10.9 Å². The Morgan fingerprint density at radius 2 is 2.17 bits per heavy atom. The van der Waals surface area contributed by atoms with Crippen molar-refractivity contribution in [1.29, 1.82) is 0 Å². The van der Waals surface area contributed by atoms with E-state index < -0.39 is 0 Å². The normalized spacial score (nSPS) is 11.8. The minimum Gasteiger partial charge on any atom is -0.468 e. The molecule has 2 aromatic heterocycles. The molecule has 94 valence electrons. The first kappa shape index (κ1) is 12.5. The van der Waals surface area contributed by atoms with Gasteiger partial charge in [0, 0.05) is 5.69 Å². The summed E-state index contributed by atoms with van der Waals surface area (Å²) >= 11 is 1.43. The van der Waals surface area contributed by atoms with E-state index in [4.69, 9.17) is 15.4 Å². The van der Waals surface area contributed by atoms with Crippen LogP contribution in [-0.2, 0) is 0 Å². The van der Waals surface area contributed by atoms with Gasteiger partial charge < -0.3 is 15.4 Å². The van der Waals surface area contributed by atoms with Crippen LogP contribution in [0.5, 0.6) is 0 Å². The maximum atomic E-state index is 8.77. The van der Waals surface area contributed by atoms with E-state index in [0.717, 1.165) is 16.3 Å². The molecule has 5 nitrogen and oxygen atoms in total. The molecule has 0 bridgehead atoms. The largest absolute Gasteiger partial charge is 0.468 e. The van der Waals surface area contributed by atoms with Crippen LogP contribution in [0.25, 0.3) is 0 Å². The SMILES string of the molecule is Cc1ccc(/C(N)=N/O)c(Sc2ccoc2C)n1. The van der Waals surface area contributed by atoms with E-state index in [9.17, 15) is 0 Å². The van der Waals surface area contributed by atoms with Crippen LogP contribution in [-0.4, -0.2) is 16.0 Å². The standard InChI is InChI=1S/C12H13N3O2S/c1-7-3-4-9(11(13)15-16)12(14-7)18-10-5-6-17-8(10)2/h3-6,16H,1-2H3,(H2,13,15). The van der Waals surface area contributed by atoms with Crippen molar-refractivity contribution in [2.45, 2.75) is 23.8 Å².